The van der Waals surface area contributed by atoms with E-state index in [1.807, 2.05) is 13.8 Å². The molecule has 0 amide bonds. The lowest BCUT2D eigenvalue weighted by Crippen LogP contribution is -2.32. The Bertz CT molecular complexity index is 673. The van der Waals surface area contributed by atoms with Crippen molar-refractivity contribution < 1.29 is 14.2 Å². The van der Waals surface area contributed by atoms with Gasteiger partial charge >= 0.3 is 6.08 Å². The fourth-order valence-corrected chi connectivity index (χ4v) is 2.25. The molecule has 0 aromatic carbocycles. The van der Waals surface area contributed by atoms with E-state index in [-0.39, 0.29) is 23.5 Å². The lowest BCUT2D eigenvalue weighted by molar-refractivity contribution is -0.0209. The van der Waals surface area contributed by atoms with Crippen molar-refractivity contribution in [1.29, 1.82) is 0 Å². The highest BCUT2D eigenvalue weighted by molar-refractivity contribution is 5.82. The predicted molar refractivity (Wildman–Crippen MR) is 81.3 cm³/mol. The van der Waals surface area contributed by atoms with Gasteiger partial charge in [-0.25, -0.2) is 4.98 Å². The Kier molecular flexibility index (Phi) is 5.04. The molecule has 0 radical (unpaired) electrons. The Hall–Kier alpha value is -2.06. The number of aliphatic hydroxyl groups is 1. The molecule has 0 fully saturated rings. The van der Waals surface area contributed by atoms with Crippen molar-refractivity contribution in [2.75, 3.05) is 12.8 Å². The molecule has 3 atom stereocenters. The molecular formula is C14H20FN5O2. The molecule has 0 aliphatic carbocycles. The molecule has 8 heteroatoms. The van der Waals surface area contributed by atoms with Gasteiger partial charge in [0.15, 0.2) is 17.0 Å². The molecule has 2 aromatic rings. The first-order valence-corrected chi connectivity index (χ1v) is 7.02. The molecule has 0 saturated carbocycles. The summed E-state index contributed by atoms with van der Waals surface area (Å²) in [6.45, 7) is 4.03. The predicted octanol–water partition coefficient (Wildman–Crippen LogP) is 1.44. The highest BCUT2D eigenvalue weighted by Crippen LogP contribution is 2.18. The van der Waals surface area contributed by atoms with Crippen LogP contribution in [0, 0.1) is 12.0 Å². The van der Waals surface area contributed by atoms with Gasteiger partial charge in [0.1, 0.15) is 12.4 Å². The van der Waals surface area contributed by atoms with Crippen LogP contribution in [0.3, 0.4) is 0 Å². The van der Waals surface area contributed by atoms with Crippen LogP contribution in [-0.2, 0) is 4.74 Å². The molecule has 0 saturated heterocycles. The number of rotatable bonds is 6. The standard InChI is InChI=1S/C14H20FN5O2/c1-4-8(2)11(22-3)9(21)5-6-20-7-17-10-12(16)18-14(15)19-13(10)20/h5-9,11,21H,4H2,1-3H3,(H2,16,18,19)/b6-5-/t8?,9-,11?/m1/s1. The van der Waals surface area contributed by atoms with Crippen LogP contribution in [0.5, 0.6) is 0 Å². The monoisotopic (exact) mass is 309 g/mol. The van der Waals surface area contributed by atoms with Crippen LogP contribution < -0.4 is 5.73 Å². The van der Waals surface area contributed by atoms with E-state index < -0.39 is 12.2 Å². The van der Waals surface area contributed by atoms with E-state index in [1.165, 1.54) is 10.9 Å². The molecule has 2 aromatic heterocycles. The van der Waals surface area contributed by atoms with Gasteiger partial charge in [0.05, 0.1) is 6.10 Å². The smallest absolute Gasteiger partial charge is 0.312 e. The average molecular weight is 309 g/mol. The number of hydrogen-bond acceptors (Lipinski definition) is 6. The van der Waals surface area contributed by atoms with Gasteiger partial charge in [-0.15, -0.1) is 0 Å². The molecule has 120 valence electrons. The number of nitrogens with zero attached hydrogens (tertiary/aromatic N) is 4. The van der Waals surface area contributed by atoms with Crippen LogP contribution in [-0.4, -0.2) is 43.9 Å². The molecule has 3 N–H and O–H groups in total. The van der Waals surface area contributed by atoms with Gasteiger partial charge in [0.25, 0.3) is 0 Å². The normalized spacial score (nSPS) is 16.2. The molecule has 2 heterocycles. The van der Waals surface area contributed by atoms with Crippen LogP contribution >= 0.6 is 0 Å². The first-order chi connectivity index (χ1) is 10.5. The molecule has 0 aliphatic heterocycles. The van der Waals surface area contributed by atoms with Gasteiger partial charge < -0.3 is 15.6 Å². The van der Waals surface area contributed by atoms with Crippen molar-refractivity contribution in [1.82, 2.24) is 19.5 Å². The summed E-state index contributed by atoms with van der Waals surface area (Å²) in [6.07, 6.45) is 3.37. The van der Waals surface area contributed by atoms with Gasteiger partial charge in [-0.1, -0.05) is 20.3 Å². The third kappa shape index (κ3) is 3.23. The Labute approximate surface area is 127 Å². The molecular weight excluding hydrogens is 289 g/mol. The molecule has 2 unspecified atom stereocenters. The lowest BCUT2D eigenvalue weighted by atomic mass is 9.97. The summed E-state index contributed by atoms with van der Waals surface area (Å²) in [5.74, 6) is 0.171. The van der Waals surface area contributed by atoms with Crippen molar-refractivity contribution in [2.24, 2.45) is 5.92 Å². The third-order valence-electron chi connectivity index (χ3n) is 3.68. The Morgan fingerprint density at radius 1 is 1.50 bits per heavy atom. The summed E-state index contributed by atoms with van der Waals surface area (Å²) in [7, 11) is 1.56. The Balaban J connectivity index is 2.26. The minimum Gasteiger partial charge on any atom is -0.386 e. The van der Waals surface area contributed by atoms with E-state index in [0.29, 0.717) is 5.52 Å². The molecule has 2 rings (SSSR count). The van der Waals surface area contributed by atoms with Gasteiger partial charge in [0, 0.05) is 13.3 Å². The second-order valence-electron chi connectivity index (χ2n) is 5.12. The van der Waals surface area contributed by atoms with Crippen LogP contribution in [0.15, 0.2) is 12.4 Å². The van der Waals surface area contributed by atoms with E-state index in [2.05, 4.69) is 15.0 Å². The zero-order valence-corrected chi connectivity index (χ0v) is 12.8. The van der Waals surface area contributed by atoms with Gasteiger partial charge in [0.2, 0.25) is 0 Å². The van der Waals surface area contributed by atoms with E-state index in [1.54, 1.807) is 19.4 Å². The van der Waals surface area contributed by atoms with Crippen molar-refractivity contribution in [3.8, 4) is 0 Å². The fraction of sp³-hybridized carbons (Fsp3) is 0.500. The van der Waals surface area contributed by atoms with Gasteiger partial charge in [-0.05, 0) is 12.0 Å². The number of hydrogen-bond donors (Lipinski definition) is 2. The highest BCUT2D eigenvalue weighted by Gasteiger charge is 2.22. The minimum atomic E-state index is -0.921. The largest absolute Gasteiger partial charge is 0.386 e. The second kappa shape index (κ2) is 6.80. The zero-order chi connectivity index (χ0) is 16.3. The molecule has 0 aliphatic rings. The summed E-state index contributed by atoms with van der Waals surface area (Å²) in [5.41, 5.74) is 6.15. The lowest BCUT2D eigenvalue weighted by Gasteiger charge is -2.24. The third-order valence-corrected chi connectivity index (χ3v) is 3.68. The van der Waals surface area contributed by atoms with Gasteiger partial charge in [-0.3, -0.25) is 4.57 Å². The van der Waals surface area contributed by atoms with Gasteiger partial charge in [-0.2, -0.15) is 14.4 Å². The summed E-state index contributed by atoms with van der Waals surface area (Å²) in [4.78, 5) is 11.1. The van der Waals surface area contributed by atoms with Crippen LogP contribution in [0.2, 0.25) is 0 Å². The minimum absolute atomic E-state index is 0.0235. The molecule has 0 bridgehead atoms. The molecule has 22 heavy (non-hydrogen) atoms. The number of aromatic nitrogens is 4. The van der Waals surface area contributed by atoms with E-state index in [4.69, 9.17) is 10.5 Å². The van der Waals surface area contributed by atoms with E-state index in [0.717, 1.165) is 6.42 Å². The number of aliphatic hydroxyl groups excluding tert-OH is 1. The molecule has 0 spiro atoms. The number of nitrogens with two attached hydrogens (primary N) is 1. The maximum absolute atomic E-state index is 13.3. The quantitative estimate of drug-likeness (QED) is 0.783. The fourth-order valence-electron chi connectivity index (χ4n) is 2.25. The van der Waals surface area contributed by atoms with E-state index >= 15 is 0 Å². The maximum atomic E-state index is 13.3. The Morgan fingerprint density at radius 2 is 2.23 bits per heavy atom. The highest BCUT2D eigenvalue weighted by atomic mass is 19.1. The average Bonchev–Trinajstić information content (AvgIpc) is 2.88. The van der Waals surface area contributed by atoms with Crippen LogP contribution in [0.1, 0.15) is 20.3 Å². The van der Waals surface area contributed by atoms with Crippen molar-refractivity contribution in [3.63, 3.8) is 0 Å². The Morgan fingerprint density at radius 3 is 2.86 bits per heavy atom. The number of anilines is 1. The number of methoxy groups -OCH3 is 1. The van der Waals surface area contributed by atoms with Crippen molar-refractivity contribution in [2.45, 2.75) is 32.5 Å². The summed E-state index contributed by atoms with van der Waals surface area (Å²) < 4.78 is 20.1. The number of halogens is 1. The zero-order valence-electron chi connectivity index (χ0n) is 12.8. The maximum Gasteiger partial charge on any atom is 0.312 e. The second-order valence-corrected chi connectivity index (χ2v) is 5.12. The summed E-state index contributed by atoms with van der Waals surface area (Å²) in [6, 6.07) is 0. The number of fused-ring (bicyclic) bond motifs is 1. The van der Waals surface area contributed by atoms with Crippen molar-refractivity contribution in [3.05, 3.63) is 18.5 Å². The van der Waals surface area contributed by atoms with E-state index in [9.17, 15) is 9.50 Å². The summed E-state index contributed by atoms with van der Waals surface area (Å²) >= 11 is 0. The number of imidazole rings is 1. The number of ether oxygens (including phenoxy) is 1. The number of nitrogen functional groups attached to an aromatic ring is 1. The topological polar surface area (TPSA) is 99.1 Å². The van der Waals surface area contributed by atoms with Crippen molar-refractivity contribution >= 4 is 23.2 Å². The SMILES string of the molecule is CCC(C)C(OC)[C@H](O)/C=C\n1cnc2c(N)nc(F)nc21. The van der Waals surface area contributed by atoms with Crippen LogP contribution in [0.4, 0.5) is 10.2 Å². The van der Waals surface area contributed by atoms with Crippen LogP contribution in [0.25, 0.3) is 17.4 Å². The first-order valence-electron chi connectivity index (χ1n) is 7.02. The summed E-state index contributed by atoms with van der Waals surface area (Å²) in [5, 5.41) is 10.2. The first kappa shape index (κ1) is 16.3. The molecule has 7 nitrogen and oxygen atoms in total.